The number of halogens is 2. The summed E-state index contributed by atoms with van der Waals surface area (Å²) in [4.78, 5) is 0. The molecule has 12 heavy (non-hydrogen) atoms. The third-order valence-electron chi connectivity index (χ3n) is 1.54. The molecule has 0 amide bonds. The predicted molar refractivity (Wildman–Crippen MR) is 60.8 cm³/mol. The molecule has 0 aliphatic carbocycles. The third kappa shape index (κ3) is 2.41. The van der Waals surface area contributed by atoms with Crippen molar-refractivity contribution in [3.8, 4) is 5.75 Å². The Balaban J connectivity index is 3.04. The van der Waals surface area contributed by atoms with Crippen molar-refractivity contribution in [1.29, 1.82) is 0 Å². The van der Waals surface area contributed by atoms with Gasteiger partial charge in [-0.2, -0.15) is 0 Å². The van der Waals surface area contributed by atoms with E-state index in [0.717, 1.165) is 10.2 Å². The normalized spacial score (nSPS) is 10.0. The van der Waals surface area contributed by atoms with Gasteiger partial charge in [-0.25, -0.2) is 0 Å². The zero-order valence-corrected chi connectivity index (χ0v) is 10.7. The minimum absolute atomic E-state index is 0.870. The van der Waals surface area contributed by atoms with E-state index in [2.05, 4.69) is 30.7 Å². The summed E-state index contributed by atoms with van der Waals surface area (Å²) in [5.41, 5.74) is 2.37. The van der Waals surface area contributed by atoms with Crippen LogP contribution in [-0.4, -0.2) is 0 Å². The van der Waals surface area contributed by atoms with Gasteiger partial charge >= 0.3 is 0 Å². The largest absolute Gasteiger partial charge is 0.414 e. The maximum Gasteiger partial charge on any atom is 0.139 e. The molecule has 0 saturated carbocycles. The van der Waals surface area contributed by atoms with Crippen molar-refractivity contribution in [3.63, 3.8) is 0 Å². The Kier molecular flexibility index (Phi) is 3.93. The number of rotatable bonds is 2. The molecule has 0 fully saturated rings. The monoisotopic (exact) mass is 310 g/mol. The van der Waals surface area contributed by atoms with Crippen LogP contribution in [0, 0.1) is 13.8 Å². The molecule has 0 saturated heterocycles. The highest BCUT2D eigenvalue weighted by atomic mass is 79.9. The Bertz CT molecular complexity index is 265. The van der Waals surface area contributed by atoms with Gasteiger partial charge in [0.25, 0.3) is 0 Å². The minimum Gasteiger partial charge on any atom is -0.414 e. The van der Waals surface area contributed by atoms with Crippen LogP contribution in [-0.2, 0) is 0 Å². The van der Waals surface area contributed by atoms with Crippen LogP contribution in [0.1, 0.15) is 11.1 Å². The summed E-state index contributed by atoms with van der Waals surface area (Å²) >= 11 is 6.63. The maximum absolute atomic E-state index is 5.24. The molecule has 0 unspecified atom stereocenters. The fraction of sp³-hybridized carbons (Fsp3) is 0.250. The summed E-state index contributed by atoms with van der Waals surface area (Å²) in [6.45, 7) is 4.09. The Morgan fingerprint density at radius 3 is 2.17 bits per heavy atom. The van der Waals surface area contributed by atoms with E-state index in [9.17, 15) is 0 Å². The molecule has 66 valence electrons. The van der Waals surface area contributed by atoms with Crippen molar-refractivity contribution in [2.45, 2.75) is 13.8 Å². The summed E-state index contributed by atoms with van der Waals surface area (Å²) in [5.74, 6) is 0.870. The van der Waals surface area contributed by atoms with Gasteiger partial charge in [0.2, 0.25) is 0 Å². The first-order chi connectivity index (χ1) is 5.65. The van der Waals surface area contributed by atoms with E-state index in [0.29, 0.717) is 0 Å². The predicted octanol–water partition coefficient (Wildman–Crippen LogP) is 4.40. The number of aryl methyl sites for hydroxylation is 2. The second kappa shape index (κ2) is 4.53. The summed E-state index contributed by atoms with van der Waals surface area (Å²) in [7, 11) is 1.18. The Morgan fingerprint density at radius 2 is 1.75 bits per heavy atom. The zero-order valence-electron chi connectivity index (χ0n) is 6.73. The molecule has 0 bridgehead atoms. The van der Waals surface area contributed by atoms with Crippen LogP contribution >= 0.6 is 41.2 Å². The summed E-state index contributed by atoms with van der Waals surface area (Å²) < 4.78 is 6.38. The molecule has 4 heteroatoms. The lowest BCUT2D eigenvalue weighted by Gasteiger charge is -2.05. The average molecular weight is 312 g/mol. The summed E-state index contributed by atoms with van der Waals surface area (Å²) in [6, 6.07) is 3.98. The molecular weight excluding hydrogens is 304 g/mol. The smallest absolute Gasteiger partial charge is 0.139 e. The van der Waals surface area contributed by atoms with Crippen LogP contribution in [0.15, 0.2) is 16.6 Å². The fourth-order valence-corrected chi connectivity index (χ4v) is 1.85. The van der Waals surface area contributed by atoms with Crippen LogP contribution in [0.25, 0.3) is 0 Å². The van der Waals surface area contributed by atoms with Gasteiger partial charge in [0.1, 0.15) is 16.2 Å². The second-order valence-corrected chi connectivity index (χ2v) is 4.40. The van der Waals surface area contributed by atoms with E-state index >= 15 is 0 Å². The molecule has 0 atom stereocenters. The van der Waals surface area contributed by atoms with Crippen molar-refractivity contribution < 1.29 is 4.18 Å². The van der Waals surface area contributed by atoms with Crippen LogP contribution in [0.2, 0.25) is 0 Å². The molecule has 0 aromatic heterocycles. The Morgan fingerprint density at radius 1 is 1.25 bits per heavy atom. The Hall–Kier alpha value is 0.330. The van der Waals surface area contributed by atoms with Gasteiger partial charge in [0, 0.05) is 19.3 Å². The SMILES string of the molecule is Cc1cc(OSBr)cc(C)c1Br. The maximum atomic E-state index is 5.24. The quantitative estimate of drug-likeness (QED) is 0.749. The van der Waals surface area contributed by atoms with Crippen LogP contribution < -0.4 is 4.18 Å². The highest BCUT2D eigenvalue weighted by molar-refractivity contribution is 9.49. The minimum atomic E-state index is 0.870. The zero-order chi connectivity index (χ0) is 9.14. The van der Waals surface area contributed by atoms with Gasteiger partial charge in [0.15, 0.2) is 0 Å². The van der Waals surface area contributed by atoms with Gasteiger partial charge in [0.05, 0.1) is 0 Å². The standard InChI is InChI=1S/C8H8Br2OS/c1-5-3-7(11-12-10)4-6(2)8(5)9/h3-4H,1-2H3. The first-order valence-corrected chi connectivity index (χ1v) is 6.75. The van der Waals surface area contributed by atoms with Crippen LogP contribution in [0.3, 0.4) is 0 Å². The van der Waals surface area contributed by atoms with E-state index in [1.54, 1.807) is 0 Å². The van der Waals surface area contributed by atoms with Crippen LogP contribution in [0.5, 0.6) is 5.75 Å². The van der Waals surface area contributed by atoms with E-state index < -0.39 is 0 Å². The molecular formula is C8H8Br2OS. The van der Waals surface area contributed by atoms with Crippen molar-refractivity contribution in [2.75, 3.05) is 0 Å². The molecule has 0 spiro atoms. The first-order valence-electron chi connectivity index (χ1n) is 3.37. The van der Waals surface area contributed by atoms with E-state index in [1.165, 1.54) is 21.6 Å². The van der Waals surface area contributed by atoms with E-state index in [1.807, 2.05) is 26.0 Å². The summed E-state index contributed by atoms with van der Waals surface area (Å²) in [6.07, 6.45) is 0. The lowest BCUT2D eigenvalue weighted by molar-refractivity contribution is 0.655. The first kappa shape index (κ1) is 10.4. The fourth-order valence-electron chi connectivity index (χ4n) is 0.991. The highest BCUT2D eigenvalue weighted by Gasteiger charge is 2.02. The van der Waals surface area contributed by atoms with Crippen molar-refractivity contribution in [3.05, 3.63) is 27.7 Å². The average Bonchev–Trinajstić information content (AvgIpc) is 2.01. The van der Waals surface area contributed by atoms with Gasteiger partial charge in [-0.15, -0.1) is 0 Å². The molecule has 0 N–H and O–H groups in total. The molecule has 0 radical (unpaired) electrons. The topological polar surface area (TPSA) is 9.23 Å². The van der Waals surface area contributed by atoms with Crippen molar-refractivity contribution in [1.82, 2.24) is 0 Å². The number of hydrogen-bond donors (Lipinski definition) is 0. The highest BCUT2D eigenvalue weighted by Crippen LogP contribution is 2.29. The molecule has 1 aromatic carbocycles. The summed E-state index contributed by atoms with van der Waals surface area (Å²) in [5, 5.41) is 0. The molecule has 1 aromatic rings. The lowest BCUT2D eigenvalue weighted by Crippen LogP contribution is -1.84. The molecule has 1 rings (SSSR count). The van der Waals surface area contributed by atoms with Crippen molar-refractivity contribution in [2.24, 2.45) is 0 Å². The second-order valence-electron chi connectivity index (χ2n) is 2.52. The van der Waals surface area contributed by atoms with E-state index in [-0.39, 0.29) is 0 Å². The van der Waals surface area contributed by atoms with Gasteiger partial charge in [-0.1, -0.05) is 15.9 Å². The molecule has 0 heterocycles. The van der Waals surface area contributed by atoms with Crippen LogP contribution in [0.4, 0.5) is 0 Å². The van der Waals surface area contributed by atoms with Gasteiger partial charge in [-0.05, 0) is 37.1 Å². The number of hydrogen-bond acceptors (Lipinski definition) is 2. The number of benzene rings is 1. The molecule has 0 aliphatic rings. The van der Waals surface area contributed by atoms with Crippen molar-refractivity contribution >= 4 is 41.2 Å². The lowest BCUT2D eigenvalue weighted by atomic mass is 10.1. The third-order valence-corrected chi connectivity index (χ3v) is 3.44. The molecule has 0 aliphatic heterocycles. The van der Waals surface area contributed by atoms with Gasteiger partial charge in [-0.3, -0.25) is 0 Å². The van der Waals surface area contributed by atoms with E-state index in [4.69, 9.17) is 4.18 Å². The molecule has 1 nitrogen and oxygen atoms in total. The Labute approximate surface area is 92.4 Å². The van der Waals surface area contributed by atoms with Gasteiger partial charge < -0.3 is 4.18 Å².